The van der Waals surface area contributed by atoms with E-state index in [0.717, 1.165) is 11.1 Å². The monoisotopic (exact) mass is 392 g/mol. The van der Waals surface area contributed by atoms with Crippen LogP contribution in [0.1, 0.15) is 29.2 Å². The number of benzene rings is 2. The fourth-order valence-electron chi connectivity index (χ4n) is 3.53. The van der Waals surface area contributed by atoms with Gasteiger partial charge in [-0.25, -0.2) is 9.37 Å². The number of aromatic nitrogens is 2. The Morgan fingerprint density at radius 3 is 2.69 bits per heavy atom. The Morgan fingerprint density at radius 1 is 1.17 bits per heavy atom. The van der Waals surface area contributed by atoms with Crippen molar-refractivity contribution < 1.29 is 9.18 Å². The summed E-state index contributed by atoms with van der Waals surface area (Å²) in [5.41, 5.74) is 3.20. The lowest BCUT2D eigenvalue weighted by Gasteiger charge is -2.17. The van der Waals surface area contributed by atoms with Gasteiger partial charge in [0.25, 0.3) is 5.56 Å². The predicted molar refractivity (Wildman–Crippen MR) is 109 cm³/mol. The van der Waals surface area contributed by atoms with Crippen LogP contribution in [0.15, 0.2) is 59.4 Å². The van der Waals surface area contributed by atoms with Crippen molar-refractivity contribution in [2.75, 3.05) is 16.8 Å². The Bertz CT molecular complexity index is 1090. The van der Waals surface area contributed by atoms with E-state index in [9.17, 15) is 14.0 Å². The molecule has 1 amide bonds. The number of rotatable bonds is 5. The Hall–Kier alpha value is -3.48. The first-order valence-electron chi connectivity index (χ1n) is 9.45. The molecule has 29 heavy (non-hydrogen) atoms. The molecule has 2 N–H and O–H groups in total. The number of H-pyrrole nitrogens is 1. The summed E-state index contributed by atoms with van der Waals surface area (Å²) >= 11 is 0. The molecular weight excluding hydrogens is 371 g/mol. The van der Waals surface area contributed by atoms with Crippen LogP contribution in [0.2, 0.25) is 0 Å². The van der Waals surface area contributed by atoms with Gasteiger partial charge in [0.2, 0.25) is 11.9 Å². The van der Waals surface area contributed by atoms with Gasteiger partial charge in [0, 0.05) is 37.2 Å². The van der Waals surface area contributed by atoms with E-state index in [1.165, 1.54) is 18.2 Å². The molecule has 1 aliphatic rings. The molecule has 7 heteroatoms. The van der Waals surface area contributed by atoms with E-state index in [1.54, 1.807) is 17.0 Å². The average Bonchev–Trinajstić information content (AvgIpc) is 3.09. The van der Waals surface area contributed by atoms with Crippen LogP contribution in [-0.4, -0.2) is 22.4 Å². The maximum Gasteiger partial charge on any atom is 0.252 e. The van der Waals surface area contributed by atoms with Crippen LogP contribution in [0.4, 0.5) is 16.0 Å². The second-order valence-electron chi connectivity index (χ2n) is 7.18. The van der Waals surface area contributed by atoms with Crippen molar-refractivity contribution >= 4 is 17.5 Å². The molecule has 1 atom stereocenters. The minimum absolute atomic E-state index is 0.0712. The predicted octanol–water partition coefficient (Wildman–Crippen LogP) is 3.35. The van der Waals surface area contributed by atoms with Gasteiger partial charge in [-0.05, 0) is 42.3 Å². The lowest BCUT2D eigenvalue weighted by molar-refractivity contribution is -0.117. The molecule has 0 radical (unpaired) electrons. The molecule has 0 aliphatic carbocycles. The number of carbonyl (C=O) groups is 1. The van der Waals surface area contributed by atoms with Gasteiger partial charge in [-0.2, -0.15) is 0 Å². The lowest BCUT2D eigenvalue weighted by atomic mass is 10.0. The van der Waals surface area contributed by atoms with E-state index in [-0.39, 0.29) is 29.6 Å². The van der Waals surface area contributed by atoms with Crippen LogP contribution in [-0.2, 0) is 11.3 Å². The van der Waals surface area contributed by atoms with Crippen LogP contribution in [0, 0.1) is 12.7 Å². The number of carbonyl (C=O) groups excluding carboxylic acids is 1. The summed E-state index contributed by atoms with van der Waals surface area (Å²) in [7, 11) is 0. The number of hydrogen-bond acceptors (Lipinski definition) is 4. The van der Waals surface area contributed by atoms with Crippen molar-refractivity contribution in [1.82, 2.24) is 9.97 Å². The van der Waals surface area contributed by atoms with E-state index in [2.05, 4.69) is 15.3 Å². The van der Waals surface area contributed by atoms with E-state index in [1.807, 2.05) is 31.2 Å². The van der Waals surface area contributed by atoms with Gasteiger partial charge >= 0.3 is 0 Å². The van der Waals surface area contributed by atoms with Gasteiger partial charge in [-0.3, -0.25) is 14.6 Å². The van der Waals surface area contributed by atoms with E-state index < -0.39 is 0 Å². The second-order valence-corrected chi connectivity index (χ2v) is 7.18. The molecule has 3 aromatic rings. The van der Waals surface area contributed by atoms with Crippen LogP contribution in [0.5, 0.6) is 0 Å². The number of anilines is 2. The second kappa shape index (κ2) is 7.87. The SMILES string of the molecule is Cc1ccccc1CNc1nc([C@H]2CC(=O)N(c3ccc(F)cc3)C2)cc(=O)[nH]1. The first-order chi connectivity index (χ1) is 14.0. The summed E-state index contributed by atoms with van der Waals surface area (Å²) in [4.78, 5) is 33.4. The molecule has 4 rings (SSSR count). The Morgan fingerprint density at radius 2 is 1.93 bits per heavy atom. The molecule has 1 saturated heterocycles. The number of halogens is 1. The molecule has 2 heterocycles. The summed E-state index contributed by atoms with van der Waals surface area (Å²) < 4.78 is 13.2. The lowest BCUT2D eigenvalue weighted by Crippen LogP contribution is -2.24. The standard InChI is InChI=1S/C22H21FN4O2/c1-14-4-2-3-5-15(14)12-24-22-25-19(11-20(28)26-22)16-10-21(29)27(13-16)18-8-6-17(23)7-9-18/h2-9,11,16H,10,12-13H2,1H3,(H2,24,25,26,28)/t16-/m0/s1. The molecule has 1 aliphatic heterocycles. The quantitative estimate of drug-likeness (QED) is 0.698. The van der Waals surface area contributed by atoms with Crippen LogP contribution >= 0.6 is 0 Å². The molecular formula is C22H21FN4O2. The third-order valence-corrected chi connectivity index (χ3v) is 5.15. The van der Waals surface area contributed by atoms with Gasteiger partial charge < -0.3 is 10.2 Å². The van der Waals surface area contributed by atoms with Crippen molar-refractivity contribution in [3.05, 3.63) is 87.6 Å². The number of nitrogens with one attached hydrogen (secondary N) is 2. The van der Waals surface area contributed by atoms with Gasteiger partial charge in [0.15, 0.2) is 0 Å². The van der Waals surface area contributed by atoms with Crippen molar-refractivity contribution in [1.29, 1.82) is 0 Å². The molecule has 2 aromatic carbocycles. The Labute approximate surface area is 167 Å². The highest BCUT2D eigenvalue weighted by atomic mass is 19.1. The van der Waals surface area contributed by atoms with E-state index in [0.29, 0.717) is 30.4 Å². The first kappa shape index (κ1) is 18.9. The molecule has 6 nitrogen and oxygen atoms in total. The smallest absolute Gasteiger partial charge is 0.252 e. The van der Waals surface area contributed by atoms with Crippen LogP contribution in [0.25, 0.3) is 0 Å². The van der Waals surface area contributed by atoms with Gasteiger partial charge in [0.05, 0.1) is 5.69 Å². The summed E-state index contributed by atoms with van der Waals surface area (Å²) in [5.74, 6) is -0.243. The van der Waals surface area contributed by atoms with Gasteiger partial charge in [0.1, 0.15) is 5.82 Å². The minimum atomic E-state index is -0.349. The third-order valence-electron chi connectivity index (χ3n) is 5.15. The molecule has 1 aromatic heterocycles. The summed E-state index contributed by atoms with van der Waals surface area (Å²) in [5, 5.41) is 3.16. The van der Waals surface area contributed by atoms with Crippen molar-refractivity contribution in [3.8, 4) is 0 Å². The number of hydrogen-bond donors (Lipinski definition) is 2. The van der Waals surface area contributed by atoms with Crippen LogP contribution in [0.3, 0.4) is 0 Å². The molecule has 1 fully saturated rings. The van der Waals surface area contributed by atoms with Crippen molar-refractivity contribution in [3.63, 3.8) is 0 Å². The number of aryl methyl sites for hydroxylation is 1. The van der Waals surface area contributed by atoms with Gasteiger partial charge in [-0.1, -0.05) is 24.3 Å². The average molecular weight is 392 g/mol. The Balaban J connectivity index is 1.51. The summed E-state index contributed by atoms with van der Waals surface area (Å²) in [6, 6.07) is 15.2. The highest BCUT2D eigenvalue weighted by Crippen LogP contribution is 2.30. The van der Waals surface area contributed by atoms with Crippen molar-refractivity contribution in [2.45, 2.75) is 25.8 Å². The minimum Gasteiger partial charge on any atom is -0.352 e. The molecule has 0 bridgehead atoms. The van der Waals surface area contributed by atoms with E-state index in [4.69, 9.17) is 0 Å². The normalized spacial score (nSPS) is 16.3. The zero-order valence-electron chi connectivity index (χ0n) is 16.0. The van der Waals surface area contributed by atoms with Crippen molar-refractivity contribution in [2.24, 2.45) is 0 Å². The molecule has 0 unspecified atom stereocenters. The Kier molecular flexibility index (Phi) is 5.12. The van der Waals surface area contributed by atoms with E-state index >= 15 is 0 Å². The fourth-order valence-corrected chi connectivity index (χ4v) is 3.53. The van der Waals surface area contributed by atoms with Crippen LogP contribution < -0.4 is 15.8 Å². The zero-order chi connectivity index (χ0) is 20.4. The maximum atomic E-state index is 13.2. The molecule has 148 valence electrons. The topological polar surface area (TPSA) is 78.1 Å². The molecule has 0 saturated carbocycles. The number of nitrogens with zero attached hydrogens (tertiary/aromatic N) is 2. The summed E-state index contributed by atoms with van der Waals surface area (Å²) in [6.07, 6.45) is 0.255. The summed E-state index contributed by atoms with van der Waals surface area (Å²) in [6.45, 7) is 2.96. The number of aromatic amines is 1. The third kappa shape index (κ3) is 4.18. The van der Waals surface area contributed by atoms with Gasteiger partial charge in [-0.15, -0.1) is 0 Å². The highest BCUT2D eigenvalue weighted by molar-refractivity contribution is 5.96. The first-order valence-corrected chi connectivity index (χ1v) is 9.45. The highest BCUT2D eigenvalue weighted by Gasteiger charge is 2.32. The zero-order valence-corrected chi connectivity index (χ0v) is 16.0. The fraction of sp³-hybridized carbons (Fsp3) is 0.227. The maximum absolute atomic E-state index is 13.2. The molecule has 0 spiro atoms. The largest absolute Gasteiger partial charge is 0.352 e. The number of amides is 1.